The van der Waals surface area contributed by atoms with Crippen LogP contribution >= 0.6 is 23.4 Å². The summed E-state index contributed by atoms with van der Waals surface area (Å²) in [6, 6.07) is 17.1. The maximum Gasteiger partial charge on any atom is 0.339 e. The van der Waals surface area contributed by atoms with Gasteiger partial charge in [0.25, 0.3) is 16.8 Å². The number of hydrogen-bond acceptors (Lipinski definition) is 9. The van der Waals surface area contributed by atoms with Crippen LogP contribution in [0.5, 0.6) is 11.5 Å². The number of nitro groups is 1. The first-order valence-corrected chi connectivity index (χ1v) is 13.2. The van der Waals surface area contributed by atoms with Gasteiger partial charge in [0.15, 0.2) is 0 Å². The molecule has 3 aromatic carbocycles. The Morgan fingerprint density at radius 2 is 1.78 bits per heavy atom. The van der Waals surface area contributed by atoms with E-state index in [2.05, 4.69) is 0 Å². The van der Waals surface area contributed by atoms with Gasteiger partial charge >= 0.3 is 10.1 Å². The van der Waals surface area contributed by atoms with Gasteiger partial charge in [-0.15, -0.1) is 0 Å². The molecule has 4 rings (SSSR count). The molecule has 1 saturated heterocycles. The Kier molecular flexibility index (Phi) is 7.81. The Labute approximate surface area is 220 Å². The number of imide groups is 1. The highest BCUT2D eigenvalue weighted by Gasteiger charge is 2.34. The lowest BCUT2D eigenvalue weighted by atomic mass is 10.2. The number of benzene rings is 3. The summed E-state index contributed by atoms with van der Waals surface area (Å²) in [7, 11) is -4.36. The predicted octanol–water partition coefficient (Wildman–Crippen LogP) is 5.13. The van der Waals surface area contributed by atoms with Crippen molar-refractivity contribution in [3.63, 3.8) is 0 Å². The van der Waals surface area contributed by atoms with Gasteiger partial charge in [-0.2, -0.15) is 8.42 Å². The monoisotopic (exact) mass is 560 g/mol. The van der Waals surface area contributed by atoms with E-state index in [1.165, 1.54) is 36.4 Å². The van der Waals surface area contributed by atoms with Gasteiger partial charge in [0.05, 0.1) is 21.4 Å². The lowest BCUT2D eigenvalue weighted by Crippen LogP contribution is -2.32. The van der Waals surface area contributed by atoms with Crippen LogP contribution in [-0.2, 0) is 14.9 Å². The van der Waals surface area contributed by atoms with Gasteiger partial charge in [0.2, 0.25) is 0 Å². The number of ether oxygens (including phenoxy) is 1. The Morgan fingerprint density at radius 1 is 1.03 bits per heavy atom. The number of carbonyl (C=O) groups excluding carboxylic acids is 2. The molecule has 1 aliphatic heterocycles. The molecule has 0 aliphatic carbocycles. The molecule has 3 aromatic rings. The third kappa shape index (κ3) is 6.28. The molecule has 0 aromatic heterocycles. The second-order valence-corrected chi connectivity index (χ2v) is 10.4. The normalized spacial score (nSPS) is 14.7. The molecule has 10 nitrogen and oxygen atoms in total. The van der Waals surface area contributed by atoms with Crippen LogP contribution in [0.3, 0.4) is 0 Å². The van der Waals surface area contributed by atoms with E-state index in [1.807, 2.05) is 0 Å². The van der Waals surface area contributed by atoms with E-state index < -0.39 is 31.9 Å². The Hall–Kier alpha value is -3.87. The molecule has 0 saturated carbocycles. The van der Waals surface area contributed by atoms with Crippen LogP contribution in [-0.4, -0.2) is 42.5 Å². The summed E-state index contributed by atoms with van der Waals surface area (Å²) in [4.78, 5) is 36.2. The largest absolute Gasteiger partial charge is 0.490 e. The SMILES string of the molecule is O=C1S/C(=C\c2cccc(OS(=O)(=O)c3cccc([N+](=O)[O-])c3)c2)C(=O)N1CCOc1ccccc1Cl. The molecular weight excluding hydrogens is 544 g/mol. The van der Waals surface area contributed by atoms with Crippen LogP contribution in [0.2, 0.25) is 5.02 Å². The molecule has 1 fully saturated rings. The quantitative estimate of drug-likeness (QED) is 0.151. The molecule has 1 aliphatic rings. The smallest absolute Gasteiger partial charge is 0.339 e. The predicted molar refractivity (Wildman–Crippen MR) is 137 cm³/mol. The van der Waals surface area contributed by atoms with Crippen molar-refractivity contribution in [2.24, 2.45) is 0 Å². The van der Waals surface area contributed by atoms with Crippen molar-refractivity contribution in [2.75, 3.05) is 13.2 Å². The zero-order chi connectivity index (χ0) is 26.6. The van der Waals surface area contributed by atoms with Crippen molar-refractivity contribution in [1.29, 1.82) is 0 Å². The summed E-state index contributed by atoms with van der Waals surface area (Å²) < 4.78 is 35.9. The van der Waals surface area contributed by atoms with Gasteiger partial charge in [-0.05, 0) is 53.7 Å². The first kappa shape index (κ1) is 26.2. The van der Waals surface area contributed by atoms with Crippen LogP contribution in [0, 0.1) is 10.1 Å². The van der Waals surface area contributed by atoms with Crippen molar-refractivity contribution in [3.05, 3.63) is 98.4 Å². The zero-order valence-corrected chi connectivity index (χ0v) is 21.2. The molecule has 2 amide bonds. The second kappa shape index (κ2) is 11.0. The summed E-state index contributed by atoms with van der Waals surface area (Å²) >= 11 is 6.78. The number of nitrogens with zero attached hydrogens (tertiary/aromatic N) is 2. The maximum absolute atomic E-state index is 12.8. The Morgan fingerprint density at radius 3 is 2.54 bits per heavy atom. The second-order valence-electron chi connectivity index (χ2n) is 7.48. The van der Waals surface area contributed by atoms with E-state index in [4.69, 9.17) is 20.5 Å². The van der Waals surface area contributed by atoms with Gasteiger partial charge in [-0.25, -0.2) is 0 Å². The van der Waals surface area contributed by atoms with Crippen molar-refractivity contribution >= 4 is 56.4 Å². The molecule has 0 bridgehead atoms. The topological polar surface area (TPSA) is 133 Å². The van der Waals surface area contributed by atoms with Gasteiger partial charge in [0, 0.05) is 12.1 Å². The molecule has 0 spiro atoms. The molecule has 0 unspecified atom stereocenters. The number of thioether (sulfide) groups is 1. The molecule has 0 atom stereocenters. The van der Waals surface area contributed by atoms with Gasteiger partial charge in [0.1, 0.15) is 23.0 Å². The van der Waals surface area contributed by atoms with Gasteiger partial charge < -0.3 is 8.92 Å². The third-order valence-electron chi connectivity index (χ3n) is 4.96. The summed E-state index contributed by atoms with van der Waals surface area (Å²) in [5, 5.41) is 10.9. The Balaban J connectivity index is 1.45. The number of non-ortho nitro benzene ring substituents is 1. The lowest BCUT2D eigenvalue weighted by Gasteiger charge is -2.13. The summed E-state index contributed by atoms with van der Waals surface area (Å²) in [6.07, 6.45) is 1.44. The average Bonchev–Trinajstić information content (AvgIpc) is 3.12. The van der Waals surface area contributed by atoms with Crippen LogP contribution in [0.15, 0.2) is 82.6 Å². The van der Waals surface area contributed by atoms with Crippen molar-refractivity contribution in [3.8, 4) is 11.5 Å². The number of rotatable bonds is 9. The molecule has 37 heavy (non-hydrogen) atoms. The highest BCUT2D eigenvalue weighted by atomic mass is 35.5. The van der Waals surface area contributed by atoms with Crippen LogP contribution in [0.4, 0.5) is 10.5 Å². The van der Waals surface area contributed by atoms with Crippen molar-refractivity contribution in [2.45, 2.75) is 4.90 Å². The van der Waals surface area contributed by atoms with E-state index in [-0.39, 0.29) is 28.7 Å². The highest BCUT2D eigenvalue weighted by molar-refractivity contribution is 8.18. The van der Waals surface area contributed by atoms with E-state index in [0.29, 0.717) is 16.3 Å². The number of halogens is 1. The van der Waals surface area contributed by atoms with Crippen LogP contribution < -0.4 is 8.92 Å². The first-order chi connectivity index (χ1) is 17.6. The minimum atomic E-state index is -4.36. The van der Waals surface area contributed by atoms with E-state index in [9.17, 15) is 28.1 Å². The molecule has 1 heterocycles. The van der Waals surface area contributed by atoms with Crippen molar-refractivity contribution in [1.82, 2.24) is 4.90 Å². The third-order valence-corrected chi connectivity index (χ3v) is 7.42. The van der Waals surface area contributed by atoms with E-state index in [1.54, 1.807) is 30.3 Å². The highest BCUT2D eigenvalue weighted by Crippen LogP contribution is 2.33. The fourth-order valence-corrected chi connectivity index (χ4v) is 5.26. The average molecular weight is 561 g/mol. The number of amides is 2. The van der Waals surface area contributed by atoms with Gasteiger partial charge in [-0.1, -0.05) is 41.9 Å². The summed E-state index contributed by atoms with van der Waals surface area (Å²) in [5.41, 5.74) is 0.0102. The zero-order valence-electron chi connectivity index (χ0n) is 18.8. The summed E-state index contributed by atoms with van der Waals surface area (Å²) in [6.45, 7) is 0.0612. The number of nitro benzene ring substituents is 1. The number of para-hydroxylation sites is 1. The minimum Gasteiger partial charge on any atom is -0.490 e. The minimum absolute atomic E-state index is 0.0117. The van der Waals surface area contributed by atoms with Gasteiger partial charge in [-0.3, -0.25) is 24.6 Å². The Bertz CT molecular complexity index is 1520. The maximum atomic E-state index is 12.8. The van der Waals surface area contributed by atoms with Crippen LogP contribution in [0.1, 0.15) is 5.56 Å². The standard InChI is InChI=1S/C24H17ClN2O8S2/c25-20-9-1-2-10-21(20)34-12-11-26-23(28)22(36-24(26)29)14-16-5-3-7-18(13-16)35-37(32,33)19-8-4-6-17(15-19)27(30)31/h1-10,13-15H,11-12H2/b22-14-. The first-order valence-electron chi connectivity index (χ1n) is 10.6. The molecule has 0 N–H and O–H groups in total. The number of hydrogen-bond donors (Lipinski definition) is 0. The van der Waals surface area contributed by atoms with E-state index in [0.717, 1.165) is 28.8 Å². The molecule has 13 heteroatoms. The summed E-state index contributed by atoms with van der Waals surface area (Å²) in [5.74, 6) is -0.163. The number of carbonyl (C=O) groups is 2. The molecule has 0 radical (unpaired) electrons. The van der Waals surface area contributed by atoms with E-state index >= 15 is 0 Å². The fourth-order valence-electron chi connectivity index (χ4n) is 3.24. The van der Waals surface area contributed by atoms with Crippen LogP contribution in [0.25, 0.3) is 6.08 Å². The van der Waals surface area contributed by atoms with Crippen molar-refractivity contribution < 1.29 is 31.9 Å². The molecule has 190 valence electrons. The molecular formula is C24H17ClN2O8S2. The lowest BCUT2D eigenvalue weighted by molar-refractivity contribution is -0.385. The fraction of sp³-hybridized carbons (Fsp3) is 0.0833.